The lowest BCUT2D eigenvalue weighted by atomic mass is 10.1. The van der Waals surface area contributed by atoms with Crippen molar-refractivity contribution in [1.29, 1.82) is 5.26 Å². The Morgan fingerprint density at radius 3 is 2.53 bits per heavy atom. The quantitative estimate of drug-likeness (QED) is 0.360. The second-order valence-corrected chi connectivity index (χ2v) is 6.12. The molecule has 0 aliphatic heterocycles. The van der Waals surface area contributed by atoms with Gasteiger partial charge in [-0.25, -0.2) is 24.7 Å². The van der Waals surface area contributed by atoms with Crippen LogP contribution in [-0.4, -0.2) is 44.1 Å². The summed E-state index contributed by atoms with van der Waals surface area (Å²) in [7, 11) is 0. The Morgan fingerprint density at radius 2 is 1.87 bits per heavy atom. The minimum atomic E-state index is -1.27. The smallest absolute Gasteiger partial charge is 0.358 e. The van der Waals surface area contributed by atoms with Crippen molar-refractivity contribution in [3.63, 3.8) is 0 Å². The largest absolute Gasteiger partial charge is 0.476 e. The van der Waals surface area contributed by atoms with Gasteiger partial charge in [0.2, 0.25) is 0 Å². The van der Waals surface area contributed by atoms with E-state index in [1.807, 2.05) is 24.3 Å². The first-order valence-electron chi connectivity index (χ1n) is 8.92. The zero-order valence-corrected chi connectivity index (χ0v) is 15.8. The van der Waals surface area contributed by atoms with Crippen molar-refractivity contribution < 1.29 is 9.90 Å². The van der Waals surface area contributed by atoms with E-state index < -0.39 is 5.97 Å². The summed E-state index contributed by atoms with van der Waals surface area (Å²) in [6.45, 7) is 1.29. The Bertz CT molecular complexity index is 1090. The fourth-order valence-electron chi connectivity index (χ4n) is 2.56. The number of carboxylic acids is 1. The molecule has 3 aromatic rings. The number of carboxylic acid groups (broad SMARTS) is 1. The van der Waals surface area contributed by atoms with Crippen LogP contribution in [0.1, 0.15) is 21.7 Å². The van der Waals surface area contributed by atoms with Crippen LogP contribution in [0.25, 0.3) is 11.3 Å². The Hall–Kier alpha value is -4.30. The number of nitrogens with zero attached hydrogens (tertiary/aromatic N) is 5. The van der Waals surface area contributed by atoms with Crippen molar-refractivity contribution in [2.24, 2.45) is 5.73 Å². The van der Waals surface area contributed by atoms with Crippen LogP contribution in [0.2, 0.25) is 0 Å². The van der Waals surface area contributed by atoms with Gasteiger partial charge in [-0.2, -0.15) is 5.26 Å². The summed E-state index contributed by atoms with van der Waals surface area (Å²) in [6, 6.07) is 9.24. The molecular weight excluding hydrogens is 386 g/mol. The van der Waals surface area contributed by atoms with Crippen LogP contribution in [0.3, 0.4) is 0 Å². The number of anilines is 3. The zero-order valence-electron chi connectivity index (χ0n) is 15.8. The molecule has 152 valence electrons. The Balaban J connectivity index is 1.73. The van der Waals surface area contributed by atoms with E-state index in [0.717, 1.165) is 11.1 Å². The molecule has 0 fully saturated rings. The van der Waals surface area contributed by atoms with E-state index in [1.165, 1.54) is 6.20 Å². The number of aromatic nitrogens is 4. The van der Waals surface area contributed by atoms with E-state index in [2.05, 4.69) is 30.6 Å². The summed E-state index contributed by atoms with van der Waals surface area (Å²) in [6.07, 6.45) is 2.80. The van der Waals surface area contributed by atoms with Crippen LogP contribution < -0.4 is 22.1 Å². The van der Waals surface area contributed by atoms with Crippen LogP contribution in [0.15, 0.2) is 36.7 Å². The third kappa shape index (κ3) is 4.75. The highest BCUT2D eigenvalue weighted by atomic mass is 16.4. The van der Waals surface area contributed by atoms with Crippen LogP contribution in [-0.2, 0) is 6.54 Å². The molecule has 0 amide bonds. The van der Waals surface area contributed by atoms with Crippen molar-refractivity contribution in [3.05, 3.63) is 53.6 Å². The fraction of sp³-hybridized carbons (Fsp3) is 0.158. The minimum absolute atomic E-state index is 0.0627. The lowest BCUT2D eigenvalue weighted by Crippen LogP contribution is -2.15. The molecule has 0 spiro atoms. The van der Waals surface area contributed by atoms with Crippen molar-refractivity contribution in [3.8, 4) is 17.3 Å². The maximum absolute atomic E-state index is 11.3. The summed E-state index contributed by atoms with van der Waals surface area (Å²) in [5.41, 5.74) is 13.3. The first-order chi connectivity index (χ1) is 14.5. The molecule has 2 aromatic heterocycles. The number of hydrogen-bond donors (Lipinski definition) is 5. The second-order valence-electron chi connectivity index (χ2n) is 6.12. The van der Waals surface area contributed by atoms with Crippen LogP contribution in [0.4, 0.5) is 17.5 Å². The van der Waals surface area contributed by atoms with Gasteiger partial charge in [0.15, 0.2) is 28.8 Å². The fourth-order valence-corrected chi connectivity index (χ4v) is 2.56. The number of hydrogen-bond acceptors (Lipinski definition) is 10. The van der Waals surface area contributed by atoms with Crippen molar-refractivity contribution in [2.75, 3.05) is 29.5 Å². The minimum Gasteiger partial charge on any atom is -0.476 e. The lowest BCUT2D eigenvalue weighted by Gasteiger charge is -2.10. The SMILES string of the molecule is N#Cc1cnc(NCc2ccc(-c3cnc(N)c(NCCN)n3)cc2)c(C(=O)O)n1. The Morgan fingerprint density at radius 1 is 1.10 bits per heavy atom. The summed E-state index contributed by atoms with van der Waals surface area (Å²) < 4.78 is 0. The number of rotatable bonds is 8. The summed E-state index contributed by atoms with van der Waals surface area (Å²) in [5, 5.41) is 24.1. The van der Waals surface area contributed by atoms with Gasteiger partial charge in [-0.05, 0) is 5.56 Å². The third-order valence-electron chi connectivity index (χ3n) is 4.04. The molecule has 0 atom stereocenters. The van der Waals surface area contributed by atoms with Crippen molar-refractivity contribution >= 4 is 23.4 Å². The predicted molar refractivity (Wildman–Crippen MR) is 110 cm³/mol. The number of benzene rings is 1. The van der Waals surface area contributed by atoms with Crippen molar-refractivity contribution in [1.82, 2.24) is 19.9 Å². The molecule has 0 bridgehead atoms. The van der Waals surface area contributed by atoms with E-state index in [0.29, 0.717) is 37.0 Å². The Kier molecular flexibility index (Phi) is 6.31. The molecule has 0 aliphatic carbocycles. The zero-order chi connectivity index (χ0) is 21.5. The van der Waals surface area contributed by atoms with Gasteiger partial charge in [0, 0.05) is 25.2 Å². The molecular formula is C19H19N9O2. The van der Waals surface area contributed by atoms with E-state index in [-0.39, 0.29) is 17.2 Å². The topological polar surface area (TPSA) is 189 Å². The van der Waals surface area contributed by atoms with E-state index in [4.69, 9.17) is 16.7 Å². The molecule has 7 N–H and O–H groups in total. The normalized spacial score (nSPS) is 10.3. The van der Waals surface area contributed by atoms with Gasteiger partial charge >= 0.3 is 5.97 Å². The number of nitriles is 1. The van der Waals surface area contributed by atoms with Gasteiger partial charge in [-0.3, -0.25) is 0 Å². The van der Waals surface area contributed by atoms with E-state index >= 15 is 0 Å². The van der Waals surface area contributed by atoms with Gasteiger partial charge < -0.3 is 27.2 Å². The monoisotopic (exact) mass is 405 g/mol. The third-order valence-corrected chi connectivity index (χ3v) is 4.04. The molecule has 2 heterocycles. The number of nitrogens with one attached hydrogen (secondary N) is 2. The lowest BCUT2D eigenvalue weighted by molar-refractivity contribution is 0.0691. The summed E-state index contributed by atoms with van der Waals surface area (Å²) in [4.78, 5) is 27.7. The maximum atomic E-state index is 11.3. The van der Waals surface area contributed by atoms with Gasteiger partial charge in [0.05, 0.1) is 18.1 Å². The van der Waals surface area contributed by atoms with Gasteiger partial charge in [0.25, 0.3) is 0 Å². The average Bonchev–Trinajstić information content (AvgIpc) is 2.77. The summed E-state index contributed by atoms with van der Waals surface area (Å²) >= 11 is 0. The standard InChI is InChI=1S/C19H19N9O2/c20-5-6-23-18-16(22)24-10-14(28-18)12-3-1-11(2-4-12)8-25-17-15(19(29)30)27-13(7-21)9-26-17/h1-4,9-10H,5-6,8,20H2,(H2,22,24)(H,23,28)(H,25,26)(H,29,30). The number of nitrogens with two attached hydrogens (primary N) is 2. The highest BCUT2D eigenvalue weighted by molar-refractivity contribution is 5.90. The first kappa shape index (κ1) is 20.4. The van der Waals surface area contributed by atoms with Crippen molar-refractivity contribution in [2.45, 2.75) is 6.54 Å². The molecule has 0 aliphatic rings. The van der Waals surface area contributed by atoms with Crippen LogP contribution in [0, 0.1) is 11.3 Å². The number of nitrogen functional groups attached to an aromatic ring is 1. The highest BCUT2D eigenvalue weighted by Gasteiger charge is 2.14. The Labute approximate surface area is 171 Å². The number of aromatic carboxylic acids is 1. The van der Waals surface area contributed by atoms with Gasteiger partial charge in [-0.15, -0.1) is 0 Å². The molecule has 0 radical (unpaired) electrons. The molecule has 11 heteroatoms. The second kappa shape index (κ2) is 9.26. The van der Waals surface area contributed by atoms with Gasteiger partial charge in [0.1, 0.15) is 6.07 Å². The molecule has 0 unspecified atom stereocenters. The highest BCUT2D eigenvalue weighted by Crippen LogP contribution is 2.22. The first-order valence-corrected chi connectivity index (χ1v) is 8.92. The molecule has 11 nitrogen and oxygen atoms in total. The molecule has 30 heavy (non-hydrogen) atoms. The van der Waals surface area contributed by atoms with Crippen LogP contribution in [0.5, 0.6) is 0 Å². The van der Waals surface area contributed by atoms with Crippen LogP contribution >= 0.6 is 0 Å². The predicted octanol–water partition coefficient (Wildman–Crippen LogP) is 1.07. The van der Waals surface area contributed by atoms with Gasteiger partial charge in [-0.1, -0.05) is 24.3 Å². The van der Waals surface area contributed by atoms with E-state index in [9.17, 15) is 9.90 Å². The number of carbonyl (C=O) groups is 1. The molecule has 3 rings (SSSR count). The molecule has 1 aromatic carbocycles. The molecule has 0 saturated carbocycles. The average molecular weight is 405 g/mol. The van der Waals surface area contributed by atoms with E-state index in [1.54, 1.807) is 12.3 Å². The maximum Gasteiger partial charge on any atom is 0.358 e. The summed E-state index contributed by atoms with van der Waals surface area (Å²) in [5.74, 6) is -0.404. The molecule has 0 saturated heterocycles.